The van der Waals surface area contributed by atoms with Crippen LogP contribution >= 0.6 is 0 Å². The van der Waals surface area contributed by atoms with Gasteiger partial charge in [0.15, 0.2) is 0 Å². The van der Waals surface area contributed by atoms with Gasteiger partial charge in [0.25, 0.3) is 0 Å². The minimum atomic E-state index is 1.12. The first-order valence-corrected chi connectivity index (χ1v) is 2.98. The zero-order chi connectivity index (χ0) is 6.85. The van der Waals surface area contributed by atoms with Gasteiger partial charge in [0.2, 0.25) is 0 Å². The molecule has 0 spiro atoms. The summed E-state index contributed by atoms with van der Waals surface area (Å²) in [4.78, 5) is 0. The second kappa shape index (κ2) is 2.09. The summed E-state index contributed by atoms with van der Waals surface area (Å²) >= 11 is 0. The Morgan fingerprint density at radius 2 is 2.33 bits per heavy atom. The predicted molar refractivity (Wildman–Crippen MR) is 40.1 cm³/mol. The lowest BCUT2D eigenvalue weighted by Crippen LogP contribution is -1.78. The molecule has 0 amide bonds. The van der Waals surface area contributed by atoms with E-state index in [4.69, 9.17) is 0 Å². The molecule has 1 heteroatoms. The van der Waals surface area contributed by atoms with E-state index in [1.807, 2.05) is 24.7 Å². The molecule has 1 aromatic rings. The predicted octanol–water partition coefficient (Wildman–Crippen LogP) is 2.06. The SMILES string of the molecule is C=C(C)c1ccn(C)c1. The van der Waals surface area contributed by atoms with Crippen LogP contribution in [0.3, 0.4) is 0 Å². The number of nitrogens with zero attached hydrogens (tertiary/aromatic N) is 1. The summed E-state index contributed by atoms with van der Waals surface area (Å²) in [7, 11) is 2.01. The first kappa shape index (κ1) is 6.14. The number of aryl methyl sites for hydroxylation is 1. The van der Waals surface area contributed by atoms with Crippen LogP contribution < -0.4 is 0 Å². The van der Waals surface area contributed by atoms with E-state index >= 15 is 0 Å². The summed E-state index contributed by atoms with van der Waals surface area (Å²) < 4.78 is 2.02. The summed E-state index contributed by atoms with van der Waals surface area (Å²) in [6.07, 6.45) is 4.08. The third-order valence-electron chi connectivity index (χ3n) is 1.32. The molecule has 9 heavy (non-hydrogen) atoms. The molecule has 1 aromatic heterocycles. The molecule has 1 heterocycles. The van der Waals surface area contributed by atoms with E-state index in [1.54, 1.807) is 0 Å². The van der Waals surface area contributed by atoms with Gasteiger partial charge in [0.1, 0.15) is 0 Å². The quantitative estimate of drug-likeness (QED) is 0.536. The van der Waals surface area contributed by atoms with Crippen LogP contribution in [0.5, 0.6) is 0 Å². The fourth-order valence-electron chi connectivity index (χ4n) is 0.756. The van der Waals surface area contributed by atoms with Crippen molar-refractivity contribution >= 4 is 5.57 Å². The van der Waals surface area contributed by atoms with Crippen molar-refractivity contribution in [3.8, 4) is 0 Å². The van der Waals surface area contributed by atoms with Crippen LogP contribution in [0.1, 0.15) is 12.5 Å². The van der Waals surface area contributed by atoms with Crippen molar-refractivity contribution < 1.29 is 0 Å². The lowest BCUT2D eigenvalue weighted by atomic mass is 10.2. The molecule has 0 aromatic carbocycles. The molecule has 0 N–H and O–H groups in total. The van der Waals surface area contributed by atoms with E-state index in [-0.39, 0.29) is 0 Å². The minimum Gasteiger partial charge on any atom is -0.357 e. The van der Waals surface area contributed by atoms with Crippen molar-refractivity contribution in [2.24, 2.45) is 7.05 Å². The summed E-state index contributed by atoms with van der Waals surface area (Å²) in [5.74, 6) is 0. The summed E-state index contributed by atoms with van der Waals surface area (Å²) in [6.45, 7) is 5.83. The second-order valence-electron chi connectivity index (χ2n) is 2.35. The van der Waals surface area contributed by atoms with Crippen LogP contribution in [-0.2, 0) is 7.05 Å². The van der Waals surface area contributed by atoms with Gasteiger partial charge in [0, 0.05) is 19.4 Å². The molecule has 1 nitrogen and oxygen atoms in total. The zero-order valence-electron chi connectivity index (χ0n) is 5.89. The number of aromatic nitrogens is 1. The number of allylic oxidation sites excluding steroid dienone is 1. The number of hydrogen-bond donors (Lipinski definition) is 0. The fraction of sp³-hybridized carbons (Fsp3) is 0.250. The van der Waals surface area contributed by atoms with E-state index in [1.165, 1.54) is 5.56 Å². The molecule has 1 rings (SSSR count). The Labute approximate surface area is 55.6 Å². The highest BCUT2D eigenvalue weighted by Crippen LogP contribution is 2.09. The van der Waals surface area contributed by atoms with Gasteiger partial charge in [0.05, 0.1) is 0 Å². The molecule has 0 atom stereocenters. The van der Waals surface area contributed by atoms with Crippen molar-refractivity contribution in [3.05, 3.63) is 30.6 Å². The summed E-state index contributed by atoms with van der Waals surface area (Å²) in [5.41, 5.74) is 2.34. The van der Waals surface area contributed by atoms with E-state index in [2.05, 4.69) is 18.8 Å². The minimum absolute atomic E-state index is 1.12. The Morgan fingerprint density at radius 3 is 2.56 bits per heavy atom. The van der Waals surface area contributed by atoms with Gasteiger partial charge >= 0.3 is 0 Å². The molecule has 0 saturated carbocycles. The average Bonchev–Trinajstić information content (AvgIpc) is 2.14. The van der Waals surface area contributed by atoms with Gasteiger partial charge in [-0.15, -0.1) is 0 Å². The number of rotatable bonds is 1. The Morgan fingerprint density at radius 1 is 1.67 bits per heavy atom. The van der Waals surface area contributed by atoms with Gasteiger partial charge in [-0.2, -0.15) is 0 Å². The van der Waals surface area contributed by atoms with Crippen LogP contribution in [0.15, 0.2) is 25.0 Å². The fourth-order valence-corrected chi connectivity index (χ4v) is 0.756. The monoisotopic (exact) mass is 121 g/mol. The Balaban J connectivity index is 2.98. The van der Waals surface area contributed by atoms with Crippen molar-refractivity contribution in [2.75, 3.05) is 0 Å². The second-order valence-corrected chi connectivity index (χ2v) is 2.35. The molecule has 0 unspecified atom stereocenters. The Bertz CT molecular complexity index is 220. The van der Waals surface area contributed by atoms with Crippen molar-refractivity contribution in [1.82, 2.24) is 4.57 Å². The molecular formula is C8H11N. The van der Waals surface area contributed by atoms with Crippen LogP contribution in [0.2, 0.25) is 0 Å². The molecule has 0 bridgehead atoms. The average molecular weight is 121 g/mol. The molecule has 0 radical (unpaired) electrons. The smallest absolute Gasteiger partial charge is 0.0107 e. The van der Waals surface area contributed by atoms with Crippen LogP contribution in [0.25, 0.3) is 5.57 Å². The largest absolute Gasteiger partial charge is 0.357 e. The van der Waals surface area contributed by atoms with Gasteiger partial charge < -0.3 is 4.57 Å². The van der Waals surface area contributed by atoms with E-state index in [0.717, 1.165) is 5.57 Å². The van der Waals surface area contributed by atoms with Gasteiger partial charge in [-0.1, -0.05) is 6.58 Å². The summed E-state index contributed by atoms with van der Waals surface area (Å²) in [6, 6.07) is 2.06. The lowest BCUT2D eigenvalue weighted by Gasteiger charge is -1.89. The van der Waals surface area contributed by atoms with Crippen LogP contribution in [0, 0.1) is 0 Å². The maximum Gasteiger partial charge on any atom is 0.0107 e. The lowest BCUT2D eigenvalue weighted by molar-refractivity contribution is 0.927. The zero-order valence-corrected chi connectivity index (χ0v) is 5.89. The summed E-state index contributed by atoms with van der Waals surface area (Å²) in [5, 5.41) is 0. The number of hydrogen-bond acceptors (Lipinski definition) is 0. The highest BCUT2D eigenvalue weighted by Gasteiger charge is 1.91. The highest BCUT2D eigenvalue weighted by molar-refractivity contribution is 5.60. The van der Waals surface area contributed by atoms with Crippen LogP contribution in [-0.4, -0.2) is 4.57 Å². The van der Waals surface area contributed by atoms with E-state index < -0.39 is 0 Å². The third-order valence-corrected chi connectivity index (χ3v) is 1.32. The highest BCUT2D eigenvalue weighted by atomic mass is 14.9. The first-order valence-electron chi connectivity index (χ1n) is 2.98. The van der Waals surface area contributed by atoms with E-state index in [9.17, 15) is 0 Å². The molecule has 0 aliphatic rings. The van der Waals surface area contributed by atoms with Crippen molar-refractivity contribution in [3.63, 3.8) is 0 Å². The maximum absolute atomic E-state index is 3.83. The maximum atomic E-state index is 3.83. The Hall–Kier alpha value is -0.980. The molecule has 0 fully saturated rings. The van der Waals surface area contributed by atoms with Crippen molar-refractivity contribution in [2.45, 2.75) is 6.92 Å². The molecule has 0 aliphatic heterocycles. The van der Waals surface area contributed by atoms with Gasteiger partial charge in [-0.05, 0) is 24.1 Å². The normalized spacial score (nSPS) is 9.56. The van der Waals surface area contributed by atoms with E-state index in [0.29, 0.717) is 0 Å². The molecular weight excluding hydrogens is 110 g/mol. The van der Waals surface area contributed by atoms with Gasteiger partial charge in [-0.3, -0.25) is 0 Å². The molecule has 48 valence electrons. The topological polar surface area (TPSA) is 4.93 Å². The Kier molecular flexibility index (Phi) is 1.43. The van der Waals surface area contributed by atoms with Crippen molar-refractivity contribution in [1.29, 1.82) is 0 Å². The molecule has 0 saturated heterocycles. The standard InChI is InChI=1S/C8H11N/c1-7(2)8-4-5-9(3)6-8/h4-6H,1H2,2-3H3. The van der Waals surface area contributed by atoms with Gasteiger partial charge in [-0.25, -0.2) is 0 Å². The third kappa shape index (κ3) is 1.22. The molecule has 0 aliphatic carbocycles. The van der Waals surface area contributed by atoms with Crippen LogP contribution in [0.4, 0.5) is 0 Å². The first-order chi connectivity index (χ1) is 4.20.